The number of H-pyrrole nitrogens is 1. The van der Waals surface area contributed by atoms with E-state index in [9.17, 15) is 0 Å². The summed E-state index contributed by atoms with van der Waals surface area (Å²) in [5, 5.41) is 4.59. The minimum absolute atomic E-state index is 0.104. The fourth-order valence-electron chi connectivity index (χ4n) is 3.75. The maximum absolute atomic E-state index is 6.00. The molecule has 0 radical (unpaired) electrons. The molecule has 2 heterocycles. The van der Waals surface area contributed by atoms with Crippen LogP contribution in [0.3, 0.4) is 0 Å². The summed E-state index contributed by atoms with van der Waals surface area (Å²) in [4.78, 5) is 8.02. The summed E-state index contributed by atoms with van der Waals surface area (Å²) < 4.78 is 11.9. The molecule has 0 spiro atoms. The molecule has 1 aliphatic rings. The van der Waals surface area contributed by atoms with Crippen molar-refractivity contribution in [1.82, 2.24) is 9.97 Å². The second kappa shape index (κ2) is 9.09. The van der Waals surface area contributed by atoms with Crippen LogP contribution in [0, 0.1) is 5.92 Å². The number of hydrogen-bond acceptors (Lipinski definition) is 4. The van der Waals surface area contributed by atoms with Crippen LogP contribution in [-0.2, 0) is 4.74 Å². The third-order valence-electron chi connectivity index (χ3n) is 5.88. The summed E-state index contributed by atoms with van der Waals surface area (Å²) in [6, 6.07) is 12.4. The molecular formula is C25H33N3O2. The van der Waals surface area contributed by atoms with E-state index in [0.717, 1.165) is 59.9 Å². The van der Waals surface area contributed by atoms with Gasteiger partial charge in [0.1, 0.15) is 5.75 Å². The molecule has 5 nitrogen and oxygen atoms in total. The Labute approximate surface area is 179 Å². The van der Waals surface area contributed by atoms with Gasteiger partial charge in [-0.2, -0.15) is 0 Å². The Morgan fingerprint density at radius 3 is 2.77 bits per heavy atom. The van der Waals surface area contributed by atoms with Gasteiger partial charge in [0.25, 0.3) is 0 Å². The molecule has 0 saturated heterocycles. The van der Waals surface area contributed by atoms with E-state index in [4.69, 9.17) is 9.47 Å². The predicted molar refractivity (Wildman–Crippen MR) is 123 cm³/mol. The number of benzene rings is 1. The third kappa shape index (κ3) is 5.14. The average Bonchev–Trinajstić information content (AvgIpc) is 3.13. The Morgan fingerprint density at radius 1 is 1.13 bits per heavy atom. The molecule has 1 aromatic carbocycles. The number of ether oxygens (including phenoxy) is 2. The topological polar surface area (TPSA) is 59.2 Å². The van der Waals surface area contributed by atoms with Crippen LogP contribution < -0.4 is 10.1 Å². The quantitative estimate of drug-likeness (QED) is 0.403. The van der Waals surface area contributed by atoms with Crippen molar-refractivity contribution in [1.29, 1.82) is 0 Å². The first-order valence-corrected chi connectivity index (χ1v) is 11.1. The third-order valence-corrected chi connectivity index (χ3v) is 5.88. The number of hydrogen-bond donors (Lipinski definition) is 2. The minimum Gasteiger partial charge on any atom is -0.494 e. The van der Waals surface area contributed by atoms with E-state index in [-0.39, 0.29) is 5.60 Å². The Balaban J connectivity index is 1.38. The van der Waals surface area contributed by atoms with Crippen molar-refractivity contribution >= 4 is 16.6 Å². The zero-order valence-electron chi connectivity index (χ0n) is 18.3. The normalized spacial score (nSPS) is 15.3. The predicted octanol–water partition coefficient (Wildman–Crippen LogP) is 6.03. The summed E-state index contributed by atoms with van der Waals surface area (Å²) in [5.74, 6) is 1.56. The molecule has 1 saturated carbocycles. The van der Waals surface area contributed by atoms with E-state index < -0.39 is 0 Å². The van der Waals surface area contributed by atoms with Gasteiger partial charge in [0, 0.05) is 29.3 Å². The van der Waals surface area contributed by atoms with Gasteiger partial charge >= 0.3 is 0 Å². The van der Waals surface area contributed by atoms with Crippen LogP contribution in [0.5, 0.6) is 5.75 Å². The van der Waals surface area contributed by atoms with E-state index in [2.05, 4.69) is 60.3 Å². The monoisotopic (exact) mass is 407 g/mol. The Bertz CT molecular complexity index is 975. The lowest BCUT2D eigenvalue weighted by Crippen LogP contribution is -2.37. The van der Waals surface area contributed by atoms with Crippen LogP contribution in [0.25, 0.3) is 22.3 Å². The fourth-order valence-corrected chi connectivity index (χ4v) is 3.75. The first kappa shape index (κ1) is 20.7. The van der Waals surface area contributed by atoms with Gasteiger partial charge in [-0.15, -0.1) is 0 Å². The first-order chi connectivity index (χ1) is 14.5. The number of fused-ring (bicyclic) bond motifs is 1. The number of nitrogens with zero attached hydrogens (tertiary/aromatic N) is 1. The van der Waals surface area contributed by atoms with Gasteiger partial charge in [-0.3, -0.25) is 4.98 Å². The van der Waals surface area contributed by atoms with E-state index in [1.807, 2.05) is 18.3 Å². The van der Waals surface area contributed by atoms with Crippen molar-refractivity contribution in [2.45, 2.75) is 52.1 Å². The molecule has 5 heteroatoms. The molecule has 1 aliphatic carbocycles. The Hall–Kier alpha value is -2.53. The largest absolute Gasteiger partial charge is 0.494 e. The number of nitrogens with one attached hydrogen (secondary N) is 2. The zero-order chi connectivity index (χ0) is 21.0. The van der Waals surface area contributed by atoms with Crippen LogP contribution in [0.1, 0.15) is 46.5 Å². The van der Waals surface area contributed by atoms with Gasteiger partial charge in [0.2, 0.25) is 0 Å². The van der Waals surface area contributed by atoms with E-state index in [1.165, 1.54) is 19.3 Å². The highest BCUT2D eigenvalue weighted by Gasteiger charge is 2.32. The molecule has 0 bridgehead atoms. The molecule has 160 valence electrons. The van der Waals surface area contributed by atoms with Crippen molar-refractivity contribution < 1.29 is 9.47 Å². The lowest BCUT2D eigenvalue weighted by molar-refractivity contribution is -0.0810. The maximum atomic E-state index is 6.00. The standard InChI is InChI=1S/C25H33N3O2/c1-18(2)8-13-29-21-5-6-22-19(15-21)16-24(28-22)23-17-20(7-11-27-23)26-12-14-30-25(3)9-4-10-25/h5-7,11,15-18,28H,4,8-10,12-14H2,1-3H3,(H,26,27). The molecule has 4 rings (SSSR count). The van der Waals surface area contributed by atoms with Crippen LogP contribution in [-0.4, -0.2) is 35.3 Å². The van der Waals surface area contributed by atoms with Crippen molar-refractivity contribution in [2.24, 2.45) is 5.92 Å². The molecule has 1 fully saturated rings. The second-order valence-electron chi connectivity index (χ2n) is 8.97. The maximum Gasteiger partial charge on any atom is 0.120 e. The summed E-state index contributed by atoms with van der Waals surface area (Å²) in [6.07, 6.45) is 6.55. The highest BCUT2D eigenvalue weighted by molar-refractivity contribution is 5.86. The molecule has 0 unspecified atom stereocenters. The highest BCUT2D eigenvalue weighted by atomic mass is 16.5. The van der Waals surface area contributed by atoms with Crippen LogP contribution in [0.4, 0.5) is 5.69 Å². The van der Waals surface area contributed by atoms with Gasteiger partial charge in [0.15, 0.2) is 0 Å². The Morgan fingerprint density at radius 2 is 2.00 bits per heavy atom. The smallest absolute Gasteiger partial charge is 0.120 e. The number of aromatic nitrogens is 2. The van der Waals surface area contributed by atoms with Gasteiger partial charge in [0.05, 0.1) is 30.2 Å². The van der Waals surface area contributed by atoms with Crippen molar-refractivity contribution in [3.8, 4) is 17.1 Å². The molecule has 2 aromatic heterocycles. The summed E-state index contributed by atoms with van der Waals surface area (Å²) in [7, 11) is 0. The van der Waals surface area contributed by atoms with Gasteiger partial charge < -0.3 is 19.8 Å². The SMILES string of the molecule is CC(C)CCOc1ccc2[nH]c(-c3cc(NCCOC4(C)CCC4)ccn3)cc2c1. The number of aromatic amines is 1. The Kier molecular flexibility index (Phi) is 6.28. The molecule has 30 heavy (non-hydrogen) atoms. The highest BCUT2D eigenvalue weighted by Crippen LogP contribution is 2.34. The molecule has 0 atom stereocenters. The molecule has 0 aliphatic heterocycles. The average molecular weight is 408 g/mol. The van der Waals surface area contributed by atoms with Crippen LogP contribution in [0.2, 0.25) is 0 Å². The number of anilines is 1. The zero-order valence-corrected chi connectivity index (χ0v) is 18.3. The lowest BCUT2D eigenvalue weighted by Gasteiger charge is -2.38. The fraction of sp³-hybridized carbons (Fsp3) is 0.480. The molecule has 2 N–H and O–H groups in total. The molecular weight excluding hydrogens is 374 g/mol. The molecule has 0 amide bonds. The van der Waals surface area contributed by atoms with Gasteiger partial charge in [-0.1, -0.05) is 13.8 Å². The van der Waals surface area contributed by atoms with E-state index in [0.29, 0.717) is 5.92 Å². The van der Waals surface area contributed by atoms with Crippen molar-refractivity contribution in [3.63, 3.8) is 0 Å². The number of rotatable bonds is 10. The van der Waals surface area contributed by atoms with Gasteiger partial charge in [-0.05, 0) is 74.9 Å². The second-order valence-corrected chi connectivity index (χ2v) is 8.97. The van der Waals surface area contributed by atoms with E-state index >= 15 is 0 Å². The van der Waals surface area contributed by atoms with Crippen molar-refractivity contribution in [2.75, 3.05) is 25.1 Å². The summed E-state index contributed by atoms with van der Waals surface area (Å²) in [6.45, 7) is 8.89. The van der Waals surface area contributed by atoms with E-state index in [1.54, 1.807) is 0 Å². The number of pyridine rings is 1. The minimum atomic E-state index is 0.104. The summed E-state index contributed by atoms with van der Waals surface area (Å²) >= 11 is 0. The lowest BCUT2D eigenvalue weighted by atomic mass is 9.82. The first-order valence-electron chi connectivity index (χ1n) is 11.1. The van der Waals surface area contributed by atoms with Crippen LogP contribution in [0.15, 0.2) is 42.6 Å². The van der Waals surface area contributed by atoms with Crippen molar-refractivity contribution in [3.05, 3.63) is 42.6 Å². The van der Waals surface area contributed by atoms with Crippen LogP contribution >= 0.6 is 0 Å². The summed E-state index contributed by atoms with van der Waals surface area (Å²) in [5.41, 5.74) is 4.17. The molecule has 3 aromatic rings. The van der Waals surface area contributed by atoms with Gasteiger partial charge in [-0.25, -0.2) is 0 Å².